The Bertz CT molecular complexity index is 528. The van der Waals surface area contributed by atoms with Gasteiger partial charge in [0.1, 0.15) is 11.4 Å². The van der Waals surface area contributed by atoms with E-state index in [1.165, 1.54) is 12.1 Å². The molecule has 0 N–H and O–H groups in total. The summed E-state index contributed by atoms with van der Waals surface area (Å²) in [5.74, 6) is 0. The van der Waals surface area contributed by atoms with E-state index >= 15 is 0 Å². The van der Waals surface area contributed by atoms with Crippen molar-refractivity contribution in [3.63, 3.8) is 0 Å². The zero-order valence-electron chi connectivity index (χ0n) is 8.17. The fourth-order valence-corrected chi connectivity index (χ4v) is 1.95. The molecule has 7 heteroatoms. The molecule has 1 aromatic heterocycles. The predicted molar refractivity (Wildman–Crippen MR) is 58.6 cm³/mol. The highest BCUT2D eigenvalue weighted by molar-refractivity contribution is 6.37. The molecular weight excluding hydrogens is 276 g/mol. The van der Waals surface area contributed by atoms with Gasteiger partial charge in [0, 0.05) is 0 Å². The van der Waals surface area contributed by atoms with Gasteiger partial charge in [-0.3, -0.25) is 0 Å². The average molecular weight is 281 g/mol. The molecular formula is C10H5Cl2F3N2. The van der Waals surface area contributed by atoms with Crippen molar-refractivity contribution in [1.82, 2.24) is 9.78 Å². The molecule has 2 nitrogen and oxygen atoms in total. The van der Waals surface area contributed by atoms with Gasteiger partial charge in [0.2, 0.25) is 0 Å². The molecule has 0 fully saturated rings. The molecule has 1 heterocycles. The van der Waals surface area contributed by atoms with Crippen LogP contribution in [0.15, 0.2) is 30.5 Å². The van der Waals surface area contributed by atoms with Crippen LogP contribution in [0.5, 0.6) is 0 Å². The summed E-state index contributed by atoms with van der Waals surface area (Å²) < 4.78 is 38.7. The SMILES string of the molecule is FC(F)(F)c1ccnn1-c1c(Cl)cccc1Cl. The minimum Gasteiger partial charge on any atom is -0.226 e. The van der Waals surface area contributed by atoms with Crippen LogP contribution in [-0.4, -0.2) is 9.78 Å². The Balaban J connectivity index is 2.66. The van der Waals surface area contributed by atoms with Crippen LogP contribution in [0, 0.1) is 0 Å². The molecule has 0 aliphatic rings. The molecule has 1 aromatic carbocycles. The van der Waals surface area contributed by atoms with Crippen molar-refractivity contribution in [1.29, 1.82) is 0 Å². The molecule has 2 rings (SSSR count). The molecule has 0 aliphatic carbocycles. The van der Waals surface area contributed by atoms with E-state index in [0.29, 0.717) is 4.68 Å². The smallest absolute Gasteiger partial charge is 0.226 e. The number of rotatable bonds is 1. The summed E-state index contributed by atoms with van der Waals surface area (Å²) in [4.78, 5) is 0. The van der Waals surface area contributed by atoms with Crippen LogP contribution in [-0.2, 0) is 6.18 Å². The van der Waals surface area contributed by atoms with Crippen molar-refractivity contribution in [3.8, 4) is 5.69 Å². The van der Waals surface area contributed by atoms with E-state index in [2.05, 4.69) is 5.10 Å². The minimum atomic E-state index is -4.51. The van der Waals surface area contributed by atoms with Crippen molar-refractivity contribution in [2.75, 3.05) is 0 Å². The minimum absolute atomic E-state index is 0.0214. The van der Waals surface area contributed by atoms with Crippen LogP contribution in [0.25, 0.3) is 5.69 Å². The first-order valence-corrected chi connectivity index (χ1v) is 5.22. The Kier molecular flexibility index (Phi) is 3.05. The molecule has 0 atom stereocenters. The molecule has 0 aliphatic heterocycles. The number of nitrogens with zero attached hydrogens (tertiary/aromatic N) is 2. The van der Waals surface area contributed by atoms with Crippen molar-refractivity contribution in [2.24, 2.45) is 0 Å². The normalized spacial score (nSPS) is 11.8. The van der Waals surface area contributed by atoms with Crippen LogP contribution in [0.4, 0.5) is 13.2 Å². The maximum Gasteiger partial charge on any atom is 0.433 e. The van der Waals surface area contributed by atoms with Gasteiger partial charge in [0.05, 0.1) is 16.2 Å². The summed E-state index contributed by atoms with van der Waals surface area (Å²) in [6.07, 6.45) is -3.47. The highest BCUT2D eigenvalue weighted by Gasteiger charge is 2.35. The van der Waals surface area contributed by atoms with Gasteiger partial charge in [-0.05, 0) is 18.2 Å². The van der Waals surface area contributed by atoms with E-state index in [1.807, 2.05) is 0 Å². The average Bonchev–Trinajstić information content (AvgIpc) is 2.65. The third-order valence-corrected chi connectivity index (χ3v) is 2.69. The number of alkyl halides is 3. The first kappa shape index (κ1) is 12.3. The lowest BCUT2D eigenvalue weighted by Crippen LogP contribution is -2.13. The van der Waals surface area contributed by atoms with Gasteiger partial charge in [-0.15, -0.1) is 0 Å². The molecule has 0 bridgehead atoms. The lowest BCUT2D eigenvalue weighted by Gasteiger charge is -2.12. The highest BCUT2D eigenvalue weighted by Crippen LogP contribution is 2.34. The van der Waals surface area contributed by atoms with Crippen LogP contribution in [0.2, 0.25) is 10.0 Å². The van der Waals surface area contributed by atoms with Gasteiger partial charge in [0.25, 0.3) is 0 Å². The topological polar surface area (TPSA) is 17.8 Å². The molecule has 0 saturated carbocycles. The van der Waals surface area contributed by atoms with E-state index in [1.54, 1.807) is 6.07 Å². The van der Waals surface area contributed by atoms with Gasteiger partial charge in [-0.1, -0.05) is 29.3 Å². The largest absolute Gasteiger partial charge is 0.433 e. The van der Waals surface area contributed by atoms with E-state index in [4.69, 9.17) is 23.2 Å². The van der Waals surface area contributed by atoms with Crippen molar-refractivity contribution < 1.29 is 13.2 Å². The first-order valence-electron chi connectivity index (χ1n) is 4.47. The summed E-state index contributed by atoms with van der Waals surface area (Å²) >= 11 is 11.7. The van der Waals surface area contributed by atoms with Crippen LogP contribution >= 0.6 is 23.2 Å². The molecule has 90 valence electrons. The maximum atomic E-state index is 12.7. The molecule has 0 unspecified atom stereocenters. The lowest BCUT2D eigenvalue weighted by molar-refractivity contribution is -0.142. The van der Waals surface area contributed by atoms with E-state index < -0.39 is 11.9 Å². The molecule has 2 aromatic rings. The Hall–Kier alpha value is -1.20. The quantitative estimate of drug-likeness (QED) is 0.766. The zero-order chi connectivity index (χ0) is 12.6. The van der Waals surface area contributed by atoms with E-state index in [9.17, 15) is 13.2 Å². The monoisotopic (exact) mass is 280 g/mol. The van der Waals surface area contributed by atoms with E-state index in [0.717, 1.165) is 12.3 Å². The molecule has 0 spiro atoms. The molecule has 0 radical (unpaired) electrons. The number of benzene rings is 1. The predicted octanol–water partition coefficient (Wildman–Crippen LogP) is 4.20. The summed E-state index contributed by atoms with van der Waals surface area (Å²) in [5, 5.41) is 3.81. The second kappa shape index (κ2) is 4.23. The summed E-state index contributed by atoms with van der Waals surface area (Å²) in [6, 6.07) is 5.31. The Labute approximate surface area is 105 Å². The van der Waals surface area contributed by atoms with Crippen LogP contribution in [0.3, 0.4) is 0 Å². The number of hydrogen-bond donors (Lipinski definition) is 0. The standard InChI is InChI=1S/C10H5Cl2F3N2/c11-6-2-1-3-7(12)9(6)17-8(4-5-16-17)10(13,14)15/h1-5H. The van der Waals surface area contributed by atoms with Gasteiger partial charge in [0.15, 0.2) is 0 Å². The number of para-hydroxylation sites is 1. The Morgan fingerprint density at radius 1 is 1.06 bits per heavy atom. The molecule has 17 heavy (non-hydrogen) atoms. The van der Waals surface area contributed by atoms with Crippen molar-refractivity contribution >= 4 is 23.2 Å². The maximum absolute atomic E-state index is 12.7. The summed E-state index contributed by atoms with van der Waals surface area (Å²) in [7, 11) is 0. The number of hydrogen-bond acceptors (Lipinski definition) is 1. The zero-order valence-corrected chi connectivity index (χ0v) is 9.68. The van der Waals surface area contributed by atoms with Gasteiger partial charge >= 0.3 is 6.18 Å². The van der Waals surface area contributed by atoms with Gasteiger partial charge in [-0.2, -0.15) is 18.3 Å². The third kappa shape index (κ3) is 2.25. The Morgan fingerprint density at radius 2 is 1.65 bits per heavy atom. The van der Waals surface area contributed by atoms with Crippen LogP contribution in [0.1, 0.15) is 5.69 Å². The number of aromatic nitrogens is 2. The Morgan fingerprint density at radius 3 is 2.18 bits per heavy atom. The third-order valence-electron chi connectivity index (χ3n) is 2.08. The van der Waals surface area contributed by atoms with Crippen molar-refractivity contribution in [2.45, 2.75) is 6.18 Å². The van der Waals surface area contributed by atoms with Crippen LogP contribution < -0.4 is 0 Å². The van der Waals surface area contributed by atoms with Crippen molar-refractivity contribution in [3.05, 3.63) is 46.2 Å². The van der Waals surface area contributed by atoms with Gasteiger partial charge < -0.3 is 0 Å². The first-order chi connectivity index (χ1) is 7.91. The second-order valence-electron chi connectivity index (χ2n) is 3.20. The number of halogens is 5. The summed E-state index contributed by atoms with van der Waals surface area (Å²) in [5.41, 5.74) is -0.902. The molecule has 0 amide bonds. The second-order valence-corrected chi connectivity index (χ2v) is 4.01. The highest BCUT2D eigenvalue weighted by atomic mass is 35.5. The fraction of sp³-hybridized carbons (Fsp3) is 0.100. The summed E-state index contributed by atoms with van der Waals surface area (Å²) in [6.45, 7) is 0. The molecule has 0 saturated heterocycles. The lowest BCUT2D eigenvalue weighted by atomic mass is 10.3. The van der Waals surface area contributed by atoms with Gasteiger partial charge in [-0.25, -0.2) is 4.68 Å². The van der Waals surface area contributed by atoms with E-state index in [-0.39, 0.29) is 15.7 Å². The fourth-order valence-electron chi connectivity index (χ4n) is 1.39.